The lowest BCUT2D eigenvalue weighted by molar-refractivity contribution is -0.0496. The molecule has 0 amide bonds. The lowest BCUT2D eigenvalue weighted by Crippen LogP contribution is -2.37. The van der Waals surface area contributed by atoms with Gasteiger partial charge in [-0.1, -0.05) is 0 Å². The monoisotopic (exact) mass is 272 g/mol. The average Bonchev–Trinajstić information content (AvgIpc) is 2.70. The third-order valence-electron chi connectivity index (χ3n) is 3.31. The number of ether oxygens (including phenoxy) is 1. The van der Waals surface area contributed by atoms with E-state index in [0.717, 1.165) is 4.57 Å². The van der Waals surface area contributed by atoms with E-state index in [1.807, 2.05) is 0 Å². The quantitative estimate of drug-likeness (QED) is 0.490. The van der Waals surface area contributed by atoms with Crippen LogP contribution in [0.4, 0.5) is 0 Å². The number of aromatic nitrogens is 2. The van der Waals surface area contributed by atoms with Crippen LogP contribution in [0.1, 0.15) is 11.8 Å². The summed E-state index contributed by atoms with van der Waals surface area (Å²) in [5.74, 6) is -0.750. The Bertz CT molecular complexity index is 565. The highest BCUT2D eigenvalue weighted by atomic mass is 16.5. The number of nitrogens with one attached hydrogen (secondary N) is 1. The summed E-state index contributed by atoms with van der Waals surface area (Å²) >= 11 is 0. The van der Waals surface area contributed by atoms with Crippen molar-refractivity contribution < 1.29 is 20.1 Å². The Hall–Kier alpha value is -1.48. The molecule has 0 aromatic carbocycles. The highest BCUT2D eigenvalue weighted by Gasteiger charge is 2.44. The fraction of sp³-hybridized carbons (Fsp3) is 0.636. The number of aliphatic hydroxyl groups excluding tert-OH is 3. The molecule has 1 aromatic heterocycles. The van der Waals surface area contributed by atoms with Crippen molar-refractivity contribution in [3.05, 3.63) is 32.6 Å². The van der Waals surface area contributed by atoms with Gasteiger partial charge >= 0.3 is 5.69 Å². The zero-order valence-corrected chi connectivity index (χ0v) is 10.3. The normalized spacial score (nSPS) is 30.7. The molecule has 1 unspecified atom stereocenters. The summed E-state index contributed by atoms with van der Waals surface area (Å²) in [6.45, 7) is 0.690. The first-order chi connectivity index (χ1) is 8.99. The predicted molar refractivity (Wildman–Crippen MR) is 63.6 cm³/mol. The van der Waals surface area contributed by atoms with Gasteiger partial charge in [0.15, 0.2) is 0 Å². The van der Waals surface area contributed by atoms with E-state index < -0.39 is 48.8 Å². The molecule has 0 aliphatic carbocycles. The molecule has 1 aliphatic heterocycles. The van der Waals surface area contributed by atoms with E-state index in [-0.39, 0.29) is 0 Å². The maximum absolute atomic E-state index is 11.7. The van der Waals surface area contributed by atoms with Crippen LogP contribution in [0.3, 0.4) is 0 Å². The summed E-state index contributed by atoms with van der Waals surface area (Å²) in [7, 11) is 0. The maximum Gasteiger partial charge on any atom is 0.330 e. The van der Waals surface area contributed by atoms with Crippen LogP contribution in [0, 0.1) is 12.8 Å². The van der Waals surface area contributed by atoms with Crippen molar-refractivity contribution in [3.8, 4) is 0 Å². The Kier molecular flexibility index (Phi) is 3.85. The van der Waals surface area contributed by atoms with E-state index in [4.69, 9.17) is 9.84 Å². The first-order valence-electron chi connectivity index (χ1n) is 5.87. The van der Waals surface area contributed by atoms with Crippen molar-refractivity contribution in [3.63, 3.8) is 0 Å². The van der Waals surface area contributed by atoms with E-state index in [2.05, 4.69) is 4.98 Å². The highest BCUT2D eigenvalue weighted by Crippen LogP contribution is 2.33. The summed E-state index contributed by atoms with van der Waals surface area (Å²) in [5, 5.41) is 28.2. The number of hydrogen-bond acceptors (Lipinski definition) is 6. The molecule has 2 rings (SSSR count). The number of aryl methyl sites for hydroxylation is 1. The fourth-order valence-corrected chi connectivity index (χ4v) is 2.20. The van der Waals surface area contributed by atoms with Gasteiger partial charge < -0.3 is 20.1 Å². The van der Waals surface area contributed by atoms with Gasteiger partial charge in [-0.3, -0.25) is 14.3 Å². The lowest BCUT2D eigenvalue weighted by atomic mass is 10.0. The topological polar surface area (TPSA) is 125 Å². The van der Waals surface area contributed by atoms with Crippen molar-refractivity contribution in [2.45, 2.75) is 25.4 Å². The number of aliphatic hydroxyl groups is 3. The summed E-state index contributed by atoms with van der Waals surface area (Å²) in [6, 6.07) is 0. The van der Waals surface area contributed by atoms with E-state index in [9.17, 15) is 19.8 Å². The van der Waals surface area contributed by atoms with E-state index in [1.54, 1.807) is 0 Å². The van der Waals surface area contributed by atoms with E-state index in [1.165, 1.54) is 13.1 Å². The SMILES string of the molecule is Cc1cn([C@@H]2O[C@H](CO)[C@@H](O)C2CO)c(=O)[nH]c1=O. The van der Waals surface area contributed by atoms with E-state index in [0.29, 0.717) is 5.56 Å². The molecule has 19 heavy (non-hydrogen) atoms. The second-order valence-electron chi connectivity index (χ2n) is 4.56. The number of hydrogen-bond donors (Lipinski definition) is 4. The van der Waals surface area contributed by atoms with Crippen molar-refractivity contribution >= 4 is 0 Å². The Morgan fingerprint density at radius 1 is 1.37 bits per heavy atom. The fourth-order valence-electron chi connectivity index (χ4n) is 2.20. The molecule has 4 atom stereocenters. The van der Waals surface area contributed by atoms with Crippen LogP contribution in [0.2, 0.25) is 0 Å². The van der Waals surface area contributed by atoms with Crippen LogP contribution >= 0.6 is 0 Å². The summed E-state index contributed by atoms with van der Waals surface area (Å²) < 4.78 is 6.48. The molecule has 8 nitrogen and oxygen atoms in total. The predicted octanol–water partition coefficient (Wildman–Crippen LogP) is -2.30. The average molecular weight is 272 g/mol. The molecule has 4 N–H and O–H groups in total. The van der Waals surface area contributed by atoms with Crippen LogP contribution in [0.25, 0.3) is 0 Å². The van der Waals surface area contributed by atoms with E-state index >= 15 is 0 Å². The molecule has 0 radical (unpaired) electrons. The number of H-pyrrole nitrogens is 1. The van der Waals surface area contributed by atoms with Crippen LogP contribution in [-0.4, -0.2) is 50.3 Å². The van der Waals surface area contributed by atoms with Gasteiger partial charge in [0.1, 0.15) is 12.3 Å². The summed E-state index contributed by atoms with van der Waals surface area (Å²) in [5.41, 5.74) is -0.884. The maximum atomic E-state index is 11.7. The molecule has 0 bridgehead atoms. The van der Waals surface area contributed by atoms with Crippen LogP contribution in [0.5, 0.6) is 0 Å². The zero-order valence-electron chi connectivity index (χ0n) is 10.3. The number of nitrogens with zero attached hydrogens (tertiary/aromatic N) is 1. The minimum Gasteiger partial charge on any atom is -0.396 e. The van der Waals surface area contributed by atoms with Crippen molar-refractivity contribution in [2.24, 2.45) is 5.92 Å². The molecule has 1 aliphatic rings. The van der Waals surface area contributed by atoms with Crippen LogP contribution in [-0.2, 0) is 4.74 Å². The van der Waals surface area contributed by atoms with Crippen molar-refractivity contribution in [1.82, 2.24) is 9.55 Å². The second-order valence-corrected chi connectivity index (χ2v) is 4.56. The van der Waals surface area contributed by atoms with Gasteiger partial charge in [0.25, 0.3) is 5.56 Å². The highest BCUT2D eigenvalue weighted by molar-refractivity contribution is 5.03. The third-order valence-corrected chi connectivity index (χ3v) is 3.31. The van der Waals surface area contributed by atoms with Gasteiger partial charge in [-0.05, 0) is 6.92 Å². The van der Waals surface area contributed by atoms with Crippen LogP contribution < -0.4 is 11.2 Å². The van der Waals surface area contributed by atoms with Gasteiger partial charge in [-0.15, -0.1) is 0 Å². The minimum atomic E-state index is -1.08. The van der Waals surface area contributed by atoms with Crippen LogP contribution in [0.15, 0.2) is 15.8 Å². The smallest absolute Gasteiger partial charge is 0.330 e. The number of rotatable bonds is 3. The molecular weight excluding hydrogens is 256 g/mol. The van der Waals surface area contributed by atoms with Crippen molar-refractivity contribution in [1.29, 1.82) is 0 Å². The second kappa shape index (κ2) is 5.25. The Morgan fingerprint density at radius 3 is 2.63 bits per heavy atom. The van der Waals surface area contributed by atoms with Crippen molar-refractivity contribution in [2.75, 3.05) is 13.2 Å². The molecule has 2 heterocycles. The lowest BCUT2D eigenvalue weighted by Gasteiger charge is -2.19. The van der Waals surface area contributed by atoms with Gasteiger partial charge in [0, 0.05) is 11.8 Å². The molecule has 1 saturated heterocycles. The Balaban J connectivity index is 2.44. The zero-order chi connectivity index (χ0) is 14.2. The minimum absolute atomic E-state index is 0.307. The first-order valence-corrected chi connectivity index (χ1v) is 5.87. The first kappa shape index (κ1) is 13.9. The molecule has 106 valence electrons. The molecule has 0 saturated carbocycles. The van der Waals surface area contributed by atoms with Gasteiger partial charge in [-0.2, -0.15) is 0 Å². The Labute approximate surface area is 107 Å². The third kappa shape index (κ3) is 2.35. The molecular formula is C11H16N2O6. The Morgan fingerprint density at radius 2 is 2.05 bits per heavy atom. The molecule has 1 aromatic rings. The van der Waals surface area contributed by atoms with Gasteiger partial charge in [-0.25, -0.2) is 4.79 Å². The molecule has 1 fully saturated rings. The summed E-state index contributed by atoms with van der Waals surface area (Å²) in [4.78, 5) is 25.2. The van der Waals surface area contributed by atoms with Gasteiger partial charge in [0.2, 0.25) is 0 Å². The summed E-state index contributed by atoms with van der Waals surface area (Å²) in [6.07, 6.45) is -1.58. The largest absolute Gasteiger partial charge is 0.396 e. The molecule has 8 heteroatoms. The standard InChI is InChI=1S/C11H16N2O6/c1-5-2-13(11(18)12-9(5)17)10-6(3-14)8(16)7(4-15)19-10/h2,6-8,10,14-16H,3-4H2,1H3,(H,12,17,18)/t6?,7-,8+,10-/m1/s1. The number of aromatic amines is 1. The molecule has 0 spiro atoms. The van der Waals surface area contributed by atoms with Gasteiger partial charge in [0.05, 0.1) is 25.2 Å².